The number of aryl methyl sites for hydroxylation is 2. The second-order valence-corrected chi connectivity index (χ2v) is 8.64. The van der Waals surface area contributed by atoms with Gasteiger partial charge >= 0.3 is 0 Å². The van der Waals surface area contributed by atoms with Crippen LogP contribution in [-0.2, 0) is 13.0 Å². The van der Waals surface area contributed by atoms with Crippen molar-refractivity contribution in [3.05, 3.63) is 34.9 Å². The fourth-order valence-electron chi connectivity index (χ4n) is 3.42. The fourth-order valence-corrected chi connectivity index (χ4v) is 3.42. The molecular formula is C23H42N+. The van der Waals surface area contributed by atoms with E-state index < -0.39 is 0 Å². The van der Waals surface area contributed by atoms with Gasteiger partial charge < -0.3 is 4.48 Å². The maximum atomic E-state index is 2.42. The van der Waals surface area contributed by atoms with Crippen LogP contribution < -0.4 is 0 Å². The van der Waals surface area contributed by atoms with Gasteiger partial charge in [0.2, 0.25) is 0 Å². The van der Waals surface area contributed by atoms with Gasteiger partial charge in [-0.2, -0.15) is 0 Å². The Labute approximate surface area is 152 Å². The highest BCUT2D eigenvalue weighted by atomic mass is 15.3. The predicted molar refractivity (Wildman–Crippen MR) is 108 cm³/mol. The first-order valence-corrected chi connectivity index (χ1v) is 10.3. The maximum absolute atomic E-state index is 2.42. The zero-order valence-corrected chi connectivity index (χ0v) is 17.2. The second kappa shape index (κ2) is 11.7. The van der Waals surface area contributed by atoms with E-state index in [0.29, 0.717) is 0 Å². The van der Waals surface area contributed by atoms with E-state index in [9.17, 15) is 0 Å². The molecule has 1 aromatic rings. The third-order valence-electron chi connectivity index (χ3n) is 4.87. The Hall–Kier alpha value is -0.820. The van der Waals surface area contributed by atoms with Crippen molar-refractivity contribution in [2.75, 3.05) is 21.1 Å². The number of unbranched alkanes of at least 4 members (excludes halogenated alkanes) is 9. The minimum Gasteiger partial charge on any atom is -0.327 e. The molecule has 0 atom stereocenters. The summed E-state index contributed by atoms with van der Waals surface area (Å²) in [4.78, 5) is 0. The molecular weight excluding hydrogens is 290 g/mol. The third kappa shape index (κ3) is 10.1. The second-order valence-electron chi connectivity index (χ2n) is 8.64. The Morgan fingerprint density at radius 2 is 1.29 bits per heavy atom. The quantitative estimate of drug-likeness (QED) is 0.280. The van der Waals surface area contributed by atoms with Crippen LogP contribution in [0.3, 0.4) is 0 Å². The lowest BCUT2D eigenvalue weighted by Gasteiger charge is -2.25. The lowest BCUT2D eigenvalue weighted by molar-refractivity contribution is -0.884. The average Bonchev–Trinajstić information content (AvgIpc) is 2.50. The van der Waals surface area contributed by atoms with Crippen LogP contribution in [0.5, 0.6) is 0 Å². The van der Waals surface area contributed by atoms with Crippen molar-refractivity contribution in [2.24, 2.45) is 0 Å². The molecule has 1 nitrogen and oxygen atoms in total. The number of rotatable bonds is 13. The summed E-state index contributed by atoms with van der Waals surface area (Å²) in [7, 11) is 6.78. The van der Waals surface area contributed by atoms with E-state index in [2.05, 4.69) is 53.2 Å². The van der Waals surface area contributed by atoms with Crippen molar-refractivity contribution >= 4 is 0 Å². The first kappa shape index (κ1) is 21.2. The molecule has 0 N–H and O–H groups in total. The zero-order valence-electron chi connectivity index (χ0n) is 17.2. The normalized spacial score (nSPS) is 11.9. The highest BCUT2D eigenvalue weighted by Gasteiger charge is 2.10. The molecule has 0 amide bonds. The number of nitrogens with zero attached hydrogens (tertiary/aromatic N) is 1. The molecule has 0 radical (unpaired) electrons. The zero-order chi connectivity index (χ0) is 17.8. The summed E-state index contributed by atoms with van der Waals surface area (Å²) >= 11 is 0. The summed E-state index contributed by atoms with van der Waals surface area (Å²) in [6.07, 6.45) is 15.4. The number of benzene rings is 1. The van der Waals surface area contributed by atoms with Crippen molar-refractivity contribution in [3.63, 3.8) is 0 Å². The lowest BCUT2D eigenvalue weighted by atomic mass is 9.99. The standard InChI is InChI=1S/C23H42N/c1-6-7-8-9-10-11-12-13-14-15-16-22-17-18-23(21(2)19-22)20-24(3,4)5/h17-19H,6-16,20H2,1-5H3/q+1. The summed E-state index contributed by atoms with van der Waals surface area (Å²) < 4.78 is 0.999. The minimum absolute atomic E-state index is 0.999. The average molecular weight is 333 g/mol. The molecule has 0 fully saturated rings. The van der Waals surface area contributed by atoms with E-state index in [1.165, 1.54) is 87.3 Å². The summed E-state index contributed by atoms with van der Waals surface area (Å²) in [5.41, 5.74) is 4.49. The smallest absolute Gasteiger partial charge is 0.104 e. The Morgan fingerprint density at radius 3 is 1.79 bits per heavy atom. The number of hydrogen-bond acceptors (Lipinski definition) is 0. The van der Waals surface area contributed by atoms with Crippen LogP contribution in [0.15, 0.2) is 18.2 Å². The summed E-state index contributed by atoms with van der Waals surface area (Å²) in [6.45, 7) is 5.68. The molecule has 0 aliphatic heterocycles. The predicted octanol–water partition coefficient (Wildman–Crippen LogP) is 6.66. The molecule has 0 aliphatic rings. The molecule has 138 valence electrons. The molecule has 24 heavy (non-hydrogen) atoms. The highest BCUT2D eigenvalue weighted by Crippen LogP contribution is 2.17. The summed E-state index contributed by atoms with van der Waals surface area (Å²) in [5, 5.41) is 0. The summed E-state index contributed by atoms with van der Waals surface area (Å²) in [6, 6.07) is 7.12. The minimum atomic E-state index is 0.999. The molecule has 1 heteroatoms. The van der Waals surface area contributed by atoms with Gasteiger partial charge in [-0.25, -0.2) is 0 Å². The van der Waals surface area contributed by atoms with Crippen molar-refractivity contribution in [1.29, 1.82) is 0 Å². The van der Waals surface area contributed by atoms with Crippen molar-refractivity contribution in [3.8, 4) is 0 Å². The largest absolute Gasteiger partial charge is 0.327 e. The van der Waals surface area contributed by atoms with Crippen LogP contribution in [0.25, 0.3) is 0 Å². The first-order chi connectivity index (χ1) is 11.4. The van der Waals surface area contributed by atoms with Crippen LogP contribution in [0.4, 0.5) is 0 Å². The molecule has 0 saturated heterocycles. The van der Waals surface area contributed by atoms with Crippen LogP contribution >= 0.6 is 0 Å². The molecule has 0 heterocycles. The molecule has 1 aromatic carbocycles. The maximum Gasteiger partial charge on any atom is 0.104 e. The Morgan fingerprint density at radius 1 is 0.750 bits per heavy atom. The van der Waals surface area contributed by atoms with E-state index in [-0.39, 0.29) is 0 Å². The SMILES string of the molecule is CCCCCCCCCCCCc1ccc(C[N+](C)(C)C)c(C)c1. The van der Waals surface area contributed by atoms with E-state index >= 15 is 0 Å². The fraction of sp³-hybridized carbons (Fsp3) is 0.739. The van der Waals surface area contributed by atoms with Crippen LogP contribution in [0.1, 0.15) is 87.8 Å². The molecule has 1 rings (SSSR count). The van der Waals surface area contributed by atoms with Crippen molar-refractivity contribution < 1.29 is 4.48 Å². The van der Waals surface area contributed by atoms with Gasteiger partial charge in [0.05, 0.1) is 21.1 Å². The Bertz CT molecular complexity index is 442. The van der Waals surface area contributed by atoms with E-state index in [4.69, 9.17) is 0 Å². The van der Waals surface area contributed by atoms with Gasteiger partial charge in [-0.1, -0.05) is 82.9 Å². The Balaban J connectivity index is 2.14. The van der Waals surface area contributed by atoms with Crippen LogP contribution in [-0.4, -0.2) is 25.6 Å². The highest BCUT2D eigenvalue weighted by molar-refractivity contribution is 5.30. The van der Waals surface area contributed by atoms with Gasteiger partial charge in [0, 0.05) is 5.56 Å². The topological polar surface area (TPSA) is 0 Å². The van der Waals surface area contributed by atoms with Gasteiger partial charge in [-0.15, -0.1) is 0 Å². The van der Waals surface area contributed by atoms with Crippen molar-refractivity contribution in [1.82, 2.24) is 0 Å². The molecule has 0 aliphatic carbocycles. The molecule has 0 unspecified atom stereocenters. The van der Waals surface area contributed by atoms with Gasteiger partial charge in [0.15, 0.2) is 0 Å². The Kier molecular flexibility index (Phi) is 10.3. The van der Waals surface area contributed by atoms with E-state index in [1.54, 1.807) is 0 Å². The van der Waals surface area contributed by atoms with Gasteiger partial charge in [0.1, 0.15) is 6.54 Å². The monoisotopic (exact) mass is 332 g/mol. The first-order valence-electron chi connectivity index (χ1n) is 10.3. The van der Waals surface area contributed by atoms with Crippen molar-refractivity contribution in [2.45, 2.75) is 91.0 Å². The van der Waals surface area contributed by atoms with Crippen LogP contribution in [0.2, 0.25) is 0 Å². The van der Waals surface area contributed by atoms with E-state index in [1.807, 2.05) is 0 Å². The molecule has 0 aromatic heterocycles. The van der Waals surface area contributed by atoms with Crippen LogP contribution in [0, 0.1) is 6.92 Å². The summed E-state index contributed by atoms with van der Waals surface area (Å²) in [5.74, 6) is 0. The molecule has 0 saturated carbocycles. The number of quaternary nitrogens is 1. The molecule has 0 spiro atoms. The van der Waals surface area contributed by atoms with Gasteiger partial charge in [-0.05, 0) is 30.9 Å². The number of hydrogen-bond donors (Lipinski definition) is 0. The van der Waals surface area contributed by atoms with Gasteiger partial charge in [-0.3, -0.25) is 0 Å². The van der Waals surface area contributed by atoms with E-state index in [0.717, 1.165) is 11.0 Å². The van der Waals surface area contributed by atoms with Gasteiger partial charge in [0.25, 0.3) is 0 Å². The molecule has 0 bridgehead atoms. The third-order valence-corrected chi connectivity index (χ3v) is 4.87. The lowest BCUT2D eigenvalue weighted by Crippen LogP contribution is -2.33.